The molecule has 0 aliphatic carbocycles. The van der Waals surface area contributed by atoms with Crippen molar-refractivity contribution < 1.29 is 4.79 Å². The lowest BCUT2D eigenvalue weighted by Crippen LogP contribution is -2.29. The zero-order chi connectivity index (χ0) is 20.1. The molecule has 0 aliphatic rings. The van der Waals surface area contributed by atoms with Crippen LogP contribution < -0.4 is 10.9 Å². The smallest absolute Gasteiger partial charge is 0.262 e. The largest absolute Gasteiger partial charge is 0.355 e. The molecule has 28 heavy (non-hydrogen) atoms. The van der Waals surface area contributed by atoms with Gasteiger partial charge in [0.15, 0.2) is 5.16 Å². The van der Waals surface area contributed by atoms with Crippen LogP contribution in [0.1, 0.15) is 19.4 Å². The second-order valence-electron chi connectivity index (χ2n) is 6.92. The second-order valence-corrected chi connectivity index (χ2v) is 8.29. The molecule has 3 rings (SSSR count). The molecular formula is C21H22ClN3O2S. The van der Waals surface area contributed by atoms with Gasteiger partial charge in [0, 0.05) is 11.6 Å². The van der Waals surface area contributed by atoms with Gasteiger partial charge in [0.25, 0.3) is 5.56 Å². The molecule has 0 spiro atoms. The Balaban J connectivity index is 1.91. The van der Waals surface area contributed by atoms with E-state index in [1.165, 1.54) is 11.8 Å². The molecule has 3 aromatic rings. The van der Waals surface area contributed by atoms with Gasteiger partial charge >= 0.3 is 0 Å². The lowest BCUT2D eigenvalue weighted by Gasteiger charge is -2.13. The van der Waals surface area contributed by atoms with Crippen molar-refractivity contribution in [1.29, 1.82) is 0 Å². The standard InChI is InChI=1S/C21H22ClN3O2S/c1-14(2)11-23-19(26)13-28-21-24-18-6-4-3-5-17(18)20(27)25(21)12-15-7-9-16(22)10-8-15/h3-10,14H,11-13H2,1-2H3,(H,23,26). The fourth-order valence-electron chi connectivity index (χ4n) is 2.67. The van der Waals surface area contributed by atoms with Crippen molar-refractivity contribution in [2.75, 3.05) is 12.3 Å². The number of nitrogens with one attached hydrogen (secondary N) is 1. The van der Waals surface area contributed by atoms with E-state index in [9.17, 15) is 9.59 Å². The summed E-state index contributed by atoms with van der Waals surface area (Å²) in [6, 6.07) is 14.6. The van der Waals surface area contributed by atoms with Crippen molar-refractivity contribution in [1.82, 2.24) is 14.9 Å². The third-order valence-electron chi connectivity index (χ3n) is 4.12. The van der Waals surface area contributed by atoms with Crippen molar-refractivity contribution in [3.63, 3.8) is 0 Å². The minimum atomic E-state index is -0.120. The number of rotatable bonds is 7. The molecule has 0 aliphatic heterocycles. The third-order valence-corrected chi connectivity index (χ3v) is 5.35. The molecule has 0 bridgehead atoms. The highest BCUT2D eigenvalue weighted by atomic mass is 35.5. The Labute approximate surface area is 173 Å². The minimum absolute atomic E-state index is 0.0702. The Hall–Kier alpha value is -2.31. The summed E-state index contributed by atoms with van der Waals surface area (Å²) in [5, 5.41) is 4.62. The first-order valence-electron chi connectivity index (χ1n) is 9.07. The van der Waals surface area contributed by atoms with Gasteiger partial charge in [-0.05, 0) is 35.7 Å². The molecule has 0 radical (unpaired) electrons. The van der Waals surface area contributed by atoms with Crippen LogP contribution in [0.2, 0.25) is 5.02 Å². The fraction of sp³-hybridized carbons (Fsp3) is 0.286. The van der Waals surface area contributed by atoms with Gasteiger partial charge in [-0.1, -0.05) is 61.5 Å². The van der Waals surface area contributed by atoms with Gasteiger partial charge in [-0.25, -0.2) is 4.98 Å². The first kappa shape index (κ1) is 20.4. The zero-order valence-corrected chi connectivity index (χ0v) is 17.4. The van der Waals surface area contributed by atoms with Crippen molar-refractivity contribution in [3.8, 4) is 0 Å². The van der Waals surface area contributed by atoms with Crippen molar-refractivity contribution >= 4 is 40.2 Å². The number of carbonyl (C=O) groups excluding carboxylic acids is 1. The van der Waals surface area contributed by atoms with E-state index in [1.807, 2.05) is 44.2 Å². The molecule has 0 fully saturated rings. The summed E-state index contributed by atoms with van der Waals surface area (Å²) in [7, 11) is 0. The van der Waals surface area contributed by atoms with E-state index in [0.29, 0.717) is 40.1 Å². The molecule has 1 N–H and O–H groups in total. The molecule has 0 atom stereocenters. The number of para-hydroxylation sites is 1. The summed E-state index contributed by atoms with van der Waals surface area (Å²) in [6.45, 7) is 5.08. The maximum absolute atomic E-state index is 13.1. The summed E-state index contributed by atoms with van der Waals surface area (Å²) in [5.41, 5.74) is 1.45. The van der Waals surface area contributed by atoms with Gasteiger partial charge in [0.2, 0.25) is 5.91 Å². The van der Waals surface area contributed by atoms with Crippen LogP contribution in [0.3, 0.4) is 0 Å². The van der Waals surface area contributed by atoms with Gasteiger partial charge in [-0.2, -0.15) is 0 Å². The van der Waals surface area contributed by atoms with Crippen LogP contribution in [0.4, 0.5) is 0 Å². The second kappa shape index (κ2) is 9.26. The average Bonchev–Trinajstić information content (AvgIpc) is 2.68. The maximum atomic E-state index is 13.1. The third kappa shape index (κ3) is 5.14. The van der Waals surface area contributed by atoms with Gasteiger partial charge in [0.1, 0.15) is 0 Å². The number of carbonyl (C=O) groups is 1. The van der Waals surface area contributed by atoms with Crippen LogP contribution in [-0.4, -0.2) is 27.8 Å². The minimum Gasteiger partial charge on any atom is -0.355 e. The molecule has 5 nitrogen and oxygen atoms in total. The SMILES string of the molecule is CC(C)CNC(=O)CSc1nc2ccccc2c(=O)n1Cc1ccc(Cl)cc1. The van der Waals surface area contributed by atoms with Gasteiger partial charge in [-0.3, -0.25) is 14.2 Å². The van der Waals surface area contributed by atoms with Crippen molar-refractivity contribution in [2.24, 2.45) is 5.92 Å². The topological polar surface area (TPSA) is 64.0 Å². The summed E-state index contributed by atoms with van der Waals surface area (Å²) in [6.07, 6.45) is 0. The normalized spacial score (nSPS) is 11.1. The first-order valence-corrected chi connectivity index (χ1v) is 10.4. The van der Waals surface area contributed by atoms with Crippen molar-refractivity contribution in [3.05, 3.63) is 69.5 Å². The highest BCUT2D eigenvalue weighted by Crippen LogP contribution is 2.19. The lowest BCUT2D eigenvalue weighted by atomic mass is 10.2. The molecule has 0 saturated heterocycles. The summed E-state index contributed by atoms with van der Waals surface area (Å²) < 4.78 is 1.62. The number of hydrogen-bond acceptors (Lipinski definition) is 4. The van der Waals surface area contributed by atoms with Crippen LogP contribution in [0, 0.1) is 5.92 Å². The van der Waals surface area contributed by atoms with Crippen LogP contribution >= 0.6 is 23.4 Å². The van der Waals surface area contributed by atoms with E-state index in [-0.39, 0.29) is 17.2 Å². The molecule has 0 unspecified atom stereocenters. The quantitative estimate of drug-likeness (QED) is 0.468. The average molecular weight is 416 g/mol. The Morgan fingerprint density at radius 1 is 1.18 bits per heavy atom. The first-order chi connectivity index (χ1) is 13.4. The highest BCUT2D eigenvalue weighted by Gasteiger charge is 2.14. The molecule has 0 saturated carbocycles. The Morgan fingerprint density at radius 3 is 2.61 bits per heavy atom. The van der Waals surface area contributed by atoms with Crippen LogP contribution in [0.5, 0.6) is 0 Å². The number of halogens is 1. The zero-order valence-electron chi connectivity index (χ0n) is 15.8. The Bertz CT molecular complexity index is 1030. The number of amides is 1. The molecule has 1 heterocycles. The van der Waals surface area contributed by atoms with E-state index in [4.69, 9.17) is 11.6 Å². The molecular weight excluding hydrogens is 394 g/mol. The maximum Gasteiger partial charge on any atom is 0.262 e. The van der Waals surface area contributed by atoms with Gasteiger partial charge < -0.3 is 5.32 Å². The van der Waals surface area contributed by atoms with E-state index < -0.39 is 0 Å². The number of fused-ring (bicyclic) bond motifs is 1. The molecule has 1 amide bonds. The van der Waals surface area contributed by atoms with Gasteiger partial charge in [0.05, 0.1) is 23.2 Å². The van der Waals surface area contributed by atoms with Crippen molar-refractivity contribution in [2.45, 2.75) is 25.5 Å². The molecule has 2 aromatic carbocycles. The predicted octanol–water partition coefficient (Wildman–Crippen LogP) is 3.96. The fourth-order valence-corrected chi connectivity index (χ4v) is 3.62. The van der Waals surface area contributed by atoms with E-state index in [1.54, 1.807) is 22.8 Å². The van der Waals surface area contributed by atoms with E-state index in [2.05, 4.69) is 10.3 Å². The Kier molecular flexibility index (Phi) is 6.75. The number of benzene rings is 2. The number of hydrogen-bond donors (Lipinski definition) is 1. The van der Waals surface area contributed by atoms with Crippen LogP contribution in [-0.2, 0) is 11.3 Å². The summed E-state index contributed by atoms with van der Waals surface area (Å²) >= 11 is 7.23. The molecule has 7 heteroatoms. The van der Waals surface area contributed by atoms with E-state index in [0.717, 1.165) is 5.56 Å². The van der Waals surface area contributed by atoms with Gasteiger partial charge in [-0.15, -0.1) is 0 Å². The van der Waals surface area contributed by atoms with Crippen LogP contribution in [0.15, 0.2) is 58.5 Å². The number of aromatic nitrogens is 2. The summed E-state index contributed by atoms with van der Waals surface area (Å²) in [4.78, 5) is 29.8. The molecule has 146 valence electrons. The van der Waals surface area contributed by atoms with Crippen LogP contribution in [0.25, 0.3) is 10.9 Å². The molecule has 1 aromatic heterocycles. The Morgan fingerprint density at radius 2 is 1.89 bits per heavy atom. The predicted molar refractivity (Wildman–Crippen MR) is 115 cm³/mol. The number of thioether (sulfide) groups is 1. The number of nitrogens with zero attached hydrogens (tertiary/aromatic N) is 2. The highest BCUT2D eigenvalue weighted by molar-refractivity contribution is 7.99. The summed E-state index contributed by atoms with van der Waals surface area (Å²) in [5.74, 6) is 0.521. The monoisotopic (exact) mass is 415 g/mol. The van der Waals surface area contributed by atoms with E-state index >= 15 is 0 Å². The lowest BCUT2D eigenvalue weighted by molar-refractivity contribution is -0.118.